The Morgan fingerprint density at radius 1 is 1.47 bits per heavy atom. The molecule has 4 nitrogen and oxygen atoms in total. The van der Waals surface area contributed by atoms with Gasteiger partial charge in [-0.3, -0.25) is 9.59 Å². The molecule has 1 aromatic rings. The van der Waals surface area contributed by atoms with Crippen molar-refractivity contribution in [3.8, 4) is 0 Å². The summed E-state index contributed by atoms with van der Waals surface area (Å²) in [6.07, 6.45) is 0.263. The summed E-state index contributed by atoms with van der Waals surface area (Å²) in [6.45, 7) is 1.44. The van der Waals surface area contributed by atoms with Crippen molar-refractivity contribution >= 4 is 23.7 Å². The number of esters is 1. The van der Waals surface area contributed by atoms with Crippen LogP contribution in [0.3, 0.4) is 0 Å². The summed E-state index contributed by atoms with van der Waals surface area (Å²) in [5, 5.41) is 9.33. The van der Waals surface area contributed by atoms with Gasteiger partial charge in [0.1, 0.15) is 0 Å². The molecule has 0 fully saturated rings. The zero-order valence-corrected chi connectivity index (χ0v) is 11.7. The van der Waals surface area contributed by atoms with E-state index in [1.807, 2.05) is 24.3 Å². The molecule has 1 heterocycles. The molecule has 0 aromatic heterocycles. The Morgan fingerprint density at radius 3 is 2.79 bits per heavy atom. The summed E-state index contributed by atoms with van der Waals surface area (Å²) in [5.74, 6) is -0.941. The topological polar surface area (TPSA) is 63.6 Å². The average molecular weight is 280 g/mol. The Hall–Kier alpha value is -1.49. The third-order valence-electron chi connectivity index (χ3n) is 3.56. The van der Waals surface area contributed by atoms with Crippen molar-refractivity contribution in [3.63, 3.8) is 0 Å². The van der Waals surface area contributed by atoms with Crippen molar-refractivity contribution < 1.29 is 19.4 Å². The minimum absolute atomic E-state index is 0.0707. The van der Waals surface area contributed by atoms with E-state index in [0.717, 1.165) is 11.3 Å². The molecule has 1 aromatic carbocycles. The van der Waals surface area contributed by atoms with E-state index in [1.54, 1.807) is 11.8 Å². The minimum atomic E-state index is -1.49. The van der Waals surface area contributed by atoms with Gasteiger partial charge in [0.05, 0.1) is 7.11 Å². The van der Waals surface area contributed by atoms with E-state index in [2.05, 4.69) is 4.74 Å². The minimum Gasteiger partial charge on any atom is -0.480 e. The van der Waals surface area contributed by atoms with Crippen LogP contribution in [-0.2, 0) is 14.3 Å². The Bertz CT molecular complexity index is 514. The van der Waals surface area contributed by atoms with Crippen molar-refractivity contribution in [3.05, 3.63) is 29.8 Å². The largest absolute Gasteiger partial charge is 0.480 e. The van der Waals surface area contributed by atoms with Crippen molar-refractivity contribution in [2.45, 2.75) is 24.2 Å². The van der Waals surface area contributed by atoms with Crippen LogP contribution in [0.5, 0.6) is 0 Å². The fourth-order valence-electron chi connectivity index (χ4n) is 2.37. The first-order chi connectivity index (χ1) is 8.99. The fourth-order valence-corrected chi connectivity index (χ4v) is 3.63. The summed E-state index contributed by atoms with van der Waals surface area (Å²) in [4.78, 5) is 24.4. The Kier molecular flexibility index (Phi) is 3.85. The van der Waals surface area contributed by atoms with Crippen molar-refractivity contribution in [1.82, 2.24) is 0 Å². The van der Waals surface area contributed by atoms with Gasteiger partial charge in [0.2, 0.25) is 0 Å². The van der Waals surface area contributed by atoms with Gasteiger partial charge < -0.3 is 9.84 Å². The van der Waals surface area contributed by atoms with Gasteiger partial charge in [0, 0.05) is 10.6 Å². The number of carboxylic acid groups (broad SMARTS) is 1. The number of benzene rings is 1. The SMILES string of the molecule is COC(=O)C(C)(CC1CSc2ccccc21)C(=O)O. The van der Waals surface area contributed by atoms with Crippen LogP contribution in [-0.4, -0.2) is 29.9 Å². The Labute approximate surface area is 116 Å². The molecule has 2 unspecified atom stereocenters. The number of carbonyl (C=O) groups is 2. The maximum atomic E-state index is 11.8. The van der Waals surface area contributed by atoms with E-state index < -0.39 is 17.4 Å². The molecule has 0 spiro atoms. The molecular formula is C14H16O4S. The molecule has 5 heteroatoms. The molecule has 1 aliphatic heterocycles. The summed E-state index contributed by atoms with van der Waals surface area (Å²) in [6, 6.07) is 7.93. The molecule has 19 heavy (non-hydrogen) atoms. The highest BCUT2D eigenvalue weighted by molar-refractivity contribution is 7.99. The fraction of sp³-hybridized carbons (Fsp3) is 0.429. The standard InChI is InChI=1S/C14H16O4S/c1-14(12(15)16,13(17)18-2)7-9-8-19-11-6-4-3-5-10(9)11/h3-6,9H,7-8H2,1-2H3,(H,15,16). The van der Waals surface area contributed by atoms with E-state index >= 15 is 0 Å². The summed E-state index contributed by atoms with van der Waals surface area (Å²) in [7, 11) is 1.22. The second kappa shape index (κ2) is 5.25. The zero-order chi connectivity index (χ0) is 14.0. The van der Waals surface area contributed by atoms with Crippen LogP contribution in [0.25, 0.3) is 0 Å². The van der Waals surface area contributed by atoms with Gasteiger partial charge in [-0.15, -0.1) is 11.8 Å². The summed E-state index contributed by atoms with van der Waals surface area (Å²) in [5.41, 5.74) is -0.360. The third-order valence-corrected chi connectivity index (χ3v) is 4.81. The first-order valence-corrected chi connectivity index (χ1v) is 7.01. The first-order valence-electron chi connectivity index (χ1n) is 6.02. The number of rotatable bonds is 4. The van der Waals surface area contributed by atoms with Gasteiger partial charge in [-0.25, -0.2) is 0 Å². The van der Waals surface area contributed by atoms with Crippen molar-refractivity contribution in [1.29, 1.82) is 0 Å². The van der Waals surface area contributed by atoms with Gasteiger partial charge in [-0.05, 0) is 30.9 Å². The summed E-state index contributed by atoms with van der Waals surface area (Å²) < 4.78 is 4.65. The zero-order valence-electron chi connectivity index (χ0n) is 10.9. The molecule has 0 radical (unpaired) electrons. The third kappa shape index (κ3) is 2.47. The first kappa shape index (κ1) is 13.9. The van der Waals surface area contributed by atoms with Gasteiger partial charge >= 0.3 is 11.9 Å². The van der Waals surface area contributed by atoms with Crippen LogP contribution in [0.1, 0.15) is 24.8 Å². The number of hydrogen-bond donors (Lipinski definition) is 1. The Balaban J connectivity index is 2.25. The molecule has 0 saturated heterocycles. The molecule has 2 rings (SSSR count). The van der Waals surface area contributed by atoms with Crippen LogP contribution in [0.2, 0.25) is 0 Å². The van der Waals surface area contributed by atoms with E-state index in [1.165, 1.54) is 18.9 Å². The predicted octanol–water partition coefficient (Wildman–Crippen LogP) is 2.53. The smallest absolute Gasteiger partial charge is 0.322 e. The quantitative estimate of drug-likeness (QED) is 0.678. The molecule has 0 amide bonds. The van der Waals surface area contributed by atoms with Gasteiger partial charge in [-0.1, -0.05) is 18.2 Å². The van der Waals surface area contributed by atoms with Crippen LogP contribution in [0.4, 0.5) is 0 Å². The molecule has 0 saturated carbocycles. The second-order valence-corrected chi connectivity index (χ2v) is 5.94. The molecule has 2 atom stereocenters. The lowest BCUT2D eigenvalue weighted by Crippen LogP contribution is -2.38. The number of thioether (sulfide) groups is 1. The maximum absolute atomic E-state index is 11.8. The lowest BCUT2D eigenvalue weighted by Gasteiger charge is -2.25. The molecule has 1 aliphatic rings. The van der Waals surface area contributed by atoms with E-state index in [-0.39, 0.29) is 12.3 Å². The average Bonchev–Trinajstić information content (AvgIpc) is 2.81. The number of carbonyl (C=O) groups excluding carboxylic acids is 1. The van der Waals surface area contributed by atoms with Crippen molar-refractivity contribution in [2.24, 2.45) is 5.41 Å². The van der Waals surface area contributed by atoms with E-state index in [9.17, 15) is 14.7 Å². The van der Waals surface area contributed by atoms with Crippen molar-refractivity contribution in [2.75, 3.05) is 12.9 Å². The van der Waals surface area contributed by atoms with E-state index in [0.29, 0.717) is 0 Å². The lowest BCUT2D eigenvalue weighted by molar-refractivity contribution is -0.166. The van der Waals surface area contributed by atoms with Gasteiger partial charge in [0.25, 0.3) is 0 Å². The molecular weight excluding hydrogens is 264 g/mol. The van der Waals surface area contributed by atoms with Gasteiger partial charge in [0.15, 0.2) is 5.41 Å². The van der Waals surface area contributed by atoms with Crippen LogP contribution in [0, 0.1) is 5.41 Å². The maximum Gasteiger partial charge on any atom is 0.322 e. The summed E-state index contributed by atoms with van der Waals surface area (Å²) >= 11 is 1.70. The van der Waals surface area contributed by atoms with Crippen LogP contribution >= 0.6 is 11.8 Å². The number of aliphatic carboxylic acids is 1. The number of carboxylic acids is 1. The normalized spacial score (nSPS) is 20.4. The number of ether oxygens (including phenoxy) is 1. The Morgan fingerprint density at radius 2 is 2.16 bits per heavy atom. The number of hydrogen-bond acceptors (Lipinski definition) is 4. The van der Waals surface area contributed by atoms with Gasteiger partial charge in [-0.2, -0.15) is 0 Å². The van der Waals surface area contributed by atoms with Crippen LogP contribution in [0.15, 0.2) is 29.2 Å². The van der Waals surface area contributed by atoms with E-state index in [4.69, 9.17) is 0 Å². The monoisotopic (exact) mass is 280 g/mol. The highest BCUT2D eigenvalue weighted by atomic mass is 32.2. The number of methoxy groups -OCH3 is 1. The molecule has 102 valence electrons. The number of fused-ring (bicyclic) bond motifs is 1. The van der Waals surface area contributed by atoms with Crippen LogP contribution < -0.4 is 0 Å². The molecule has 0 aliphatic carbocycles. The highest BCUT2D eigenvalue weighted by Crippen LogP contribution is 2.45. The molecule has 1 N–H and O–H groups in total. The lowest BCUT2D eigenvalue weighted by atomic mass is 9.79. The second-order valence-electron chi connectivity index (χ2n) is 4.88. The molecule has 0 bridgehead atoms. The highest BCUT2D eigenvalue weighted by Gasteiger charge is 2.45. The predicted molar refractivity (Wildman–Crippen MR) is 72.3 cm³/mol.